The van der Waals surface area contributed by atoms with Crippen LogP contribution in [0.2, 0.25) is 0 Å². The lowest BCUT2D eigenvalue weighted by molar-refractivity contribution is 0.105. The van der Waals surface area contributed by atoms with Gasteiger partial charge in [0.1, 0.15) is 0 Å². The fourth-order valence-corrected chi connectivity index (χ4v) is 3.79. The summed E-state index contributed by atoms with van der Waals surface area (Å²) in [4.78, 5) is 2.63. The van der Waals surface area contributed by atoms with Crippen LogP contribution in [0.5, 0.6) is 0 Å². The third kappa shape index (κ3) is 4.57. The first-order chi connectivity index (χ1) is 8.64. The topological polar surface area (TPSA) is 3.24 Å². The highest BCUT2D eigenvalue weighted by Crippen LogP contribution is 2.41. The highest BCUT2D eigenvalue weighted by Gasteiger charge is 2.37. The zero-order valence-corrected chi connectivity index (χ0v) is 13.3. The molecule has 18 heavy (non-hydrogen) atoms. The smallest absolute Gasteiger partial charge is 0.0146 e. The van der Waals surface area contributed by atoms with Gasteiger partial charge in [0.05, 0.1) is 0 Å². The fraction of sp³-hybridized carbons (Fsp3) is 1.00. The minimum absolute atomic E-state index is 0.578. The van der Waals surface area contributed by atoms with Gasteiger partial charge in [0.25, 0.3) is 0 Å². The Labute approximate surface area is 115 Å². The van der Waals surface area contributed by atoms with Gasteiger partial charge in [0, 0.05) is 6.04 Å². The van der Waals surface area contributed by atoms with Crippen molar-refractivity contribution in [3.8, 4) is 0 Å². The van der Waals surface area contributed by atoms with E-state index in [1.807, 2.05) is 0 Å². The molecule has 0 aromatic carbocycles. The van der Waals surface area contributed by atoms with Gasteiger partial charge in [-0.25, -0.2) is 0 Å². The number of unbranched alkanes of at least 4 members (excludes halogenated alkanes) is 4. The summed E-state index contributed by atoms with van der Waals surface area (Å²) >= 11 is 0. The van der Waals surface area contributed by atoms with Crippen LogP contribution in [0.3, 0.4) is 0 Å². The number of likely N-dealkylation sites (tertiary alicyclic amines) is 1. The van der Waals surface area contributed by atoms with Crippen LogP contribution in [0.1, 0.15) is 85.0 Å². The molecule has 0 N–H and O–H groups in total. The first kappa shape index (κ1) is 16.0. The summed E-state index contributed by atoms with van der Waals surface area (Å²) in [6.45, 7) is 8.53. The van der Waals surface area contributed by atoms with Gasteiger partial charge in [-0.2, -0.15) is 0 Å². The third-order valence-corrected chi connectivity index (χ3v) is 5.03. The molecule has 1 aliphatic heterocycles. The van der Waals surface area contributed by atoms with Crippen LogP contribution in [0.25, 0.3) is 0 Å². The lowest BCUT2D eigenvalue weighted by Gasteiger charge is -2.40. The highest BCUT2D eigenvalue weighted by atomic mass is 15.2. The van der Waals surface area contributed by atoms with E-state index in [1.165, 1.54) is 70.8 Å². The van der Waals surface area contributed by atoms with Crippen molar-refractivity contribution >= 4 is 0 Å². The van der Waals surface area contributed by atoms with Crippen molar-refractivity contribution in [2.24, 2.45) is 5.41 Å². The van der Waals surface area contributed by atoms with E-state index in [-0.39, 0.29) is 0 Å². The molecular formula is C17H35N. The Balaban J connectivity index is 2.50. The Morgan fingerprint density at radius 3 is 2.22 bits per heavy atom. The standard InChI is InChI=1S/C17H35N/c1-5-7-9-10-14-17(3,13-8-6-2)16-12-11-15-18(16)4/h16H,5-15H2,1-4H3/t16-,17?/m0/s1. The second-order valence-electron chi connectivity index (χ2n) is 6.71. The second kappa shape index (κ2) is 8.19. The van der Waals surface area contributed by atoms with E-state index in [2.05, 4.69) is 32.7 Å². The summed E-state index contributed by atoms with van der Waals surface area (Å²) in [5, 5.41) is 0. The van der Waals surface area contributed by atoms with Gasteiger partial charge in [-0.15, -0.1) is 0 Å². The monoisotopic (exact) mass is 253 g/mol. The Morgan fingerprint density at radius 2 is 1.67 bits per heavy atom. The first-order valence-electron chi connectivity index (χ1n) is 8.34. The normalized spacial score (nSPS) is 24.3. The van der Waals surface area contributed by atoms with Gasteiger partial charge < -0.3 is 4.90 Å². The molecule has 1 heterocycles. The maximum absolute atomic E-state index is 2.63. The molecule has 2 atom stereocenters. The molecule has 0 aliphatic carbocycles. The van der Waals surface area contributed by atoms with E-state index < -0.39 is 0 Å². The minimum Gasteiger partial charge on any atom is -0.303 e. The molecule has 1 heteroatoms. The number of hydrogen-bond acceptors (Lipinski definition) is 1. The lowest BCUT2D eigenvalue weighted by atomic mass is 9.73. The van der Waals surface area contributed by atoms with E-state index in [0.717, 1.165) is 6.04 Å². The molecule has 0 saturated carbocycles. The largest absolute Gasteiger partial charge is 0.303 e. The first-order valence-corrected chi connectivity index (χ1v) is 8.34. The van der Waals surface area contributed by atoms with Crippen LogP contribution in [0, 0.1) is 5.41 Å². The molecule has 1 saturated heterocycles. The predicted octanol–water partition coefficient (Wildman–Crippen LogP) is 5.25. The summed E-state index contributed by atoms with van der Waals surface area (Å²) in [6, 6.07) is 0.852. The van der Waals surface area contributed by atoms with Crippen molar-refractivity contribution in [3.63, 3.8) is 0 Å². The van der Waals surface area contributed by atoms with Crippen LogP contribution in [-0.4, -0.2) is 24.5 Å². The maximum atomic E-state index is 2.63. The molecule has 1 nitrogen and oxygen atoms in total. The summed E-state index contributed by atoms with van der Waals surface area (Å²) < 4.78 is 0. The molecule has 1 fully saturated rings. The molecule has 1 aliphatic rings. The van der Waals surface area contributed by atoms with Crippen LogP contribution in [0.4, 0.5) is 0 Å². The van der Waals surface area contributed by atoms with Crippen molar-refractivity contribution < 1.29 is 0 Å². The SMILES string of the molecule is CCCCCCC(C)(CCCC)[C@@H]1CCCN1C. The number of hydrogen-bond donors (Lipinski definition) is 0. The van der Waals surface area contributed by atoms with Crippen LogP contribution >= 0.6 is 0 Å². The minimum atomic E-state index is 0.578. The predicted molar refractivity (Wildman–Crippen MR) is 82.0 cm³/mol. The van der Waals surface area contributed by atoms with E-state index in [9.17, 15) is 0 Å². The zero-order chi connectivity index (χ0) is 13.4. The number of rotatable bonds is 9. The van der Waals surface area contributed by atoms with Crippen LogP contribution in [0.15, 0.2) is 0 Å². The van der Waals surface area contributed by atoms with Crippen LogP contribution in [-0.2, 0) is 0 Å². The van der Waals surface area contributed by atoms with Crippen molar-refractivity contribution in [3.05, 3.63) is 0 Å². The van der Waals surface area contributed by atoms with Gasteiger partial charge in [-0.05, 0) is 44.7 Å². The van der Waals surface area contributed by atoms with Gasteiger partial charge in [-0.1, -0.05) is 59.3 Å². The highest BCUT2D eigenvalue weighted by molar-refractivity contribution is 4.91. The average molecular weight is 253 g/mol. The maximum Gasteiger partial charge on any atom is 0.0146 e. The summed E-state index contributed by atoms with van der Waals surface area (Å²) in [5.74, 6) is 0. The summed E-state index contributed by atoms with van der Waals surface area (Å²) in [7, 11) is 2.34. The Hall–Kier alpha value is -0.0400. The molecule has 1 rings (SSSR count). The lowest BCUT2D eigenvalue weighted by Crippen LogP contribution is -2.40. The van der Waals surface area contributed by atoms with Crippen molar-refractivity contribution in [1.82, 2.24) is 4.90 Å². The molecule has 0 bridgehead atoms. The van der Waals surface area contributed by atoms with E-state index in [1.54, 1.807) is 0 Å². The fourth-order valence-electron chi connectivity index (χ4n) is 3.79. The quantitative estimate of drug-likeness (QED) is 0.507. The van der Waals surface area contributed by atoms with E-state index in [4.69, 9.17) is 0 Å². The van der Waals surface area contributed by atoms with Crippen molar-refractivity contribution in [1.29, 1.82) is 0 Å². The van der Waals surface area contributed by atoms with E-state index in [0.29, 0.717) is 5.41 Å². The van der Waals surface area contributed by atoms with Gasteiger partial charge in [-0.3, -0.25) is 0 Å². The molecule has 0 spiro atoms. The third-order valence-electron chi connectivity index (χ3n) is 5.03. The molecule has 0 radical (unpaired) electrons. The molecule has 0 aromatic rings. The second-order valence-corrected chi connectivity index (χ2v) is 6.71. The molecule has 108 valence electrons. The summed E-state index contributed by atoms with van der Waals surface area (Å²) in [6.07, 6.45) is 14.1. The van der Waals surface area contributed by atoms with Gasteiger partial charge >= 0.3 is 0 Å². The summed E-state index contributed by atoms with van der Waals surface area (Å²) in [5.41, 5.74) is 0.578. The van der Waals surface area contributed by atoms with Crippen molar-refractivity contribution in [2.75, 3.05) is 13.6 Å². The van der Waals surface area contributed by atoms with Crippen LogP contribution < -0.4 is 0 Å². The number of nitrogens with zero attached hydrogens (tertiary/aromatic N) is 1. The zero-order valence-electron chi connectivity index (χ0n) is 13.3. The van der Waals surface area contributed by atoms with E-state index >= 15 is 0 Å². The molecular weight excluding hydrogens is 218 g/mol. The molecule has 0 amide bonds. The average Bonchev–Trinajstić information content (AvgIpc) is 2.79. The van der Waals surface area contributed by atoms with Gasteiger partial charge in [0.15, 0.2) is 0 Å². The van der Waals surface area contributed by atoms with Gasteiger partial charge in [0.2, 0.25) is 0 Å². The Kier molecular flexibility index (Phi) is 7.29. The Morgan fingerprint density at radius 1 is 1.00 bits per heavy atom. The molecule has 1 unspecified atom stereocenters. The van der Waals surface area contributed by atoms with Crippen molar-refractivity contribution in [2.45, 2.75) is 91.0 Å². The molecule has 0 aromatic heterocycles. The Bertz CT molecular complexity index is 214.